The van der Waals surface area contributed by atoms with Gasteiger partial charge in [-0.1, -0.05) is 35.8 Å². The predicted octanol–water partition coefficient (Wildman–Crippen LogP) is 3.46. The quantitative estimate of drug-likeness (QED) is 0.873. The van der Waals surface area contributed by atoms with Crippen molar-refractivity contribution in [2.75, 3.05) is 6.54 Å². The molecule has 0 aromatic heterocycles. The summed E-state index contributed by atoms with van der Waals surface area (Å²) in [5.74, 6) is 1.28. The van der Waals surface area contributed by atoms with E-state index in [0.717, 1.165) is 6.54 Å². The van der Waals surface area contributed by atoms with Gasteiger partial charge in [-0.25, -0.2) is 0 Å². The van der Waals surface area contributed by atoms with Crippen LogP contribution in [-0.4, -0.2) is 6.54 Å². The Balaban J connectivity index is 2.36. The second kappa shape index (κ2) is 3.60. The molecule has 0 unspecified atom stereocenters. The number of hydrogen-bond acceptors (Lipinski definition) is 1. The Kier molecular flexibility index (Phi) is 2.68. The summed E-state index contributed by atoms with van der Waals surface area (Å²) in [4.78, 5) is 0. The van der Waals surface area contributed by atoms with Gasteiger partial charge >= 0.3 is 0 Å². The summed E-state index contributed by atoms with van der Waals surface area (Å²) in [5.41, 5.74) is 9.03. The summed E-state index contributed by atoms with van der Waals surface area (Å²) in [7, 11) is 0. The molecule has 1 aliphatic rings. The standard InChI is InChI=1S/C13H18BrN/c1-8-4-5-9(14)6-10(8)12-11(7-15)13(12,2)3/h4-6,11-12H,7,15H2,1-3H3/t11-,12-/m0/s1. The molecule has 0 spiro atoms. The van der Waals surface area contributed by atoms with Crippen molar-refractivity contribution < 1.29 is 0 Å². The number of halogens is 1. The van der Waals surface area contributed by atoms with E-state index in [9.17, 15) is 0 Å². The SMILES string of the molecule is Cc1ccc(Br)cc1[C@H]1[C@H](CN)C1(C)C. The molecule has 82 valence electrons. The van der Waals surface area contributed by atoms with Gasteiger partial charge in [0, 0.05) is 4.47 Å². The van der Waals surface area contributed by atoms with Crippen LogP contribution in [0.15, 0.2) is 22.7 Å². The van der Waals surface area contributed by atoms with Crippen molar-refractivity contribution in [1.82, 2.24) is 0 Å². The molecular formula is C13H18BrN. The Labute approximate surface area is 100 Å². The van der Waals surface area contributed by atoms with Crippen molar-refractivity contribution in [3.8, 4) is 0 Å². The summed E-state index contributed by atoms with van der Waals surface area (Å²) in [6.45, 7) is 7.61. The van der Waals surface area contributed by atoms with Gasteiger partial charge in [-0.15, -0.1) is 0 Å². The Morgan fingerprint density at radius 2 is 2.07 bits per heavy atom. The number of hydrogen-bond donors (Lipinski definition) is 1. The van der Waals surface area contributed by atoms with Crippen LogP contribution in [0.4, 0.5) is 0 Å². The molecule has 0 saturated heterocycles. The van der Waals surface area contributed by atoms with Crippen molar-refractivity contribution in [2.24, 2.45) is 17.1 Å². The van der Waals surface area contributed by atoms with Gasteiger partial charge < -0.3 is 5.73 Å². The third kappa shape index (κ3) is 1.74. The molecule has 2 rings (SSSR count). The molecule has 0 amide bonds. The minimum atomic E-state index is 0.375. The second-order valence-electron chi connectivity index (χ2n) is 5.14. The van der Waals surface area contributed by atoms with Crippen LogP contribution in [0.5, 0.6) is 0 Å². The molecule has 0 aliphatic heterocycles. The maximum absolute atomic E-state index is 5.81. The molecule has 2 atom stereocenters. The zero-order chi connectivity index (χ0) is 11.2. The summed E-state index contributed by atoms with van der Waals surface area (Å²) < 4.78 is 1.17. The largest absolute Gasteiger partial charge is 0.330 e. The lowest BCUT2D eigenvalue weighted by molar-refractivity contribution is 0.558. The van der Waals surface area contributed by atoms with E-state index in [-0.39, 0.29) is 0 Å². The van der Waals surface area contributed by atoms with Gasteiger partial charge in [-0.3, -0.25) is 0 Å². The summed E-state index contributed by atoms with van der Waals surface area (Å²) in [6.07, 6.45) is 0. The minimum Gasteiger partial charge on any atom is -0.330 e. The molecular weight excluding hydrogens is 250 g/mol. The van der Waals surface area contributed by atoms with E-state index in [1.165, 1.54) is 15.6 Å². The van der Waals surface area contributed by atoms with E-state index >= 15 is 0 Å². The van der Waals surface area contributed by atoms with Crippen LogP contribution in [-0.2, 0) is 0 Å². The highest BCUT2D eigenvalue weighted by Gasteiger charge is 2.57. The zero-order valence-electron chi connectivity index (χ0n) is 9.55. The first-order valence-electron chi connectivity index (χ1n) is 5.44. The molecule has 1 fully saturated rings. The second-order valence-corrected chi connectivity index (χ2v) is 6.06. The molecule has 0 bridgehead atoms. The monoisotopic (exact) mass is 267 g/mol. The maximum atomic E-state index is 5.81. The lowest BCUT2D eigenvalue weighted by atomic mass is 9.99. The van der Waals surface area contributed by atoms with Crippen molar-refractivity contribution in [2.45, 2.75) is 26.7 Å². The van der Waals surface area contributed by atoms with Crippen LogP contribution >= 0.6 is 15.9 Å². The van der Waals surface area contributed by atoms with E-state index in [2.05, 4.69) is 54.9 Å². The Morgan fingerprint density at radius 1 is 1.40 bits per heavy atom. The minimum absolute atomic E-state index is 0.375. The molecule has 15 heavy (non-hydrogen) atoms. The lowest BCUT2D eigenvalue weighted by Crippen LogP contribution is -2.05. The Bertz CT molecular complexity index is 384. The average molecular weight is 268 g/mol. The highest BCUT2D eigenvalue weighted by Crippen LogP contribution is 2.64. The lowest BCUT2D eigenvalue weighted by Gasteiger charge is -2.07. The van der Waals surface area contributed by atoms with Gasteiger partial charge in [0.1, 0.15) is 0 Å². The number of benzene rings is 1. The van der Waals surface area contributed by atoms with Crippen LogP contribution in [0.3, 0.4) is 0 Å². The van der Waals surface area contributed by atoms with E-state index < -0.39 is 0 Å². The zero-order valence-corrected chi connectivity index (χ0v) is 11.1. The van der Waals surface area contributed by atoms with Crippen LogP contribution in [0.2, 0.25) is 0 Å². The first kappa shape index (κ1) is 11.2. The molecule has 2 N–H and O–H groups in total. The molecule has 1 aliphatic carbocycles. The molecule has 0 heterocycles. The maximum Gasteiger partial charge on any atom is 0.0178 e. The fraction of sp³-hybridized carbons (Fsp3) is 0.538. The van der Waals surface area contributed by atoms with Crippen molar-refractivity contribution in [1.29, 1.82) is 0 Å². The number of rotatable bonds is 2. The average Bonchev–Trinajstić information content (AvgIpc) is 2.72. The number of aryl methyl sites for hydroxylation is 1. The number of nitrogens with two attached hydrogens (primary N) is 1. The first-order valence-corrected chi connectivity index (χ1v) is 6.24. The normalized spacial score (nSPS) is 27.8. The third-order valence-electron chi connectivity index (χ3n) is 3.88. The van der Waals surface area contributed by atoms with Crippen LogP contribution in [0, 0.1) is 18.3 Å². The Morgan fingerprint density at radius 3 is 2.60 bits per heavy atom. The van der Waals surface area contributed by atoms with Gasteiger partial charge in [0.2, 0.25) is 0 Å². The van der Waals surface area contributed by atoms with E-state index in [4.69, 9.17) is 5.73 Å². The van der Waals surface area contributed by atoms with Crippen molar-refractivity contribution >= 4 is 15.9 Å². The smallest absolute Gasteiger partial charge is 0.0178 e. The molecule has 1 aromatic carbocycles. The van der Waals surface area contributed by atoms with Gasteiger partial charge in [-0.05, 0) is 54.0 Å². The van der Waals surface area contributed by atoms with Crippen LogP contribution in [0.25, 0.3) is 0 Å². The van der Waals surface area contributed by atoms with E-state index in [1.807, 2.05) is 0 Å². The molecule has 1 nitrogen and oxygen atoms in total. The van der Waals surface area contributed by atoms with E-state index in [1.54, 1.807) is 0 Å². The van der Waals surface area contributed by atoms with Crippen LogP contribution < -0.4 is 5.73 Å². The Hall–Kier alpha value is -0.340. The van der Waals surface area contributed by atoms with E-state index in [0.29, 0.717) is 17.3 Å². The van der Waals surface area contributed by atoms with Crippen LogP contribution in [0.1, 0.15) is 30.9 Å². The van der Waals surface area contributed by atoms with Gasteiger partial charge in [-0.2, -0.15) is 0 Å². The van der Waals surface area contributed by atoms with Gasteiger partial charge in [0.15, 0.2) is 0 Å². The van der Waals surface area contributed by atoms with Gasteiger partial charge in [0.25, 0.3) is 0 Å². The first-order chi connectivity index (χ1) is 6.98. The highest BCUT2D eigenvalue weighted by molar-refractivity contribution is 9.10. The van der Waals surface area contributed by atoms with Crippen molar-refractivity contribution in [3.05, 3.63) is 33.8 Å². The fourth-order valence-electron chi connectivity index (χ4n) is 2.75. The molecule has 2 heteroatoms. The van der Waals surface area contributed by atoms with Gasteiger partial charge in [0.05, 0.1) is 0 Å². The summed E-state index contributed by atoms with van der Waals surface area (Å²) >= 11 is 3.54. The summed E-state index contributed by atoms with van der Waals surface area (Å²) in [5, 5.41) is 0. The topological polar surface area (TPSA) is 26.0 Å². The third-order valence-corrected chi connectivity index (χ3v) is 4.37. The molecule has 1 aromatic rings. The predicted molar refractivity (Wildman–Crippen MR) is 67.9 cm³/mol. The summed E-state index contributed by atoms with van der Waals surface area (Å²) in [6, 6.07) is 6.53. The van der Waals surface area contributed by atoms with Crippen molar-refractivity contribution in [3.63, 3.8) is 0 Å². The molecule has 0 radical (unpaired) electrons. The fourth-order valence-corrected chi connectivity index (χ4v) is 3.13. The highest BCUT2D eigenvalue weighted by atomic mass is 79.9. The molecule has 1 saturated carbocycles.